The second-order valence-electron chi connectivity index (χ2n) is 7.24. The highest BCUT2D eigenvalue weighted by atomic mass is 16.3. The molecular weight excluding hydrogens is 302 g/mol. The first-order valence-electron chi connectivity index (χ1n) is 8.33. The Morgan fingerprint density at radius 2 is 2.12 bits per heavy atom. The molecule has 24 heavy (non-hydrogen) atoms. The fourth-order valence-corrected chi connectivity index (χ4v) is 3.09. The van der Waals surface area contributed by atoms with Crippen LogP contribution in [-0.4, -0.2) is 24.0 Å². The molecule has 0 radical (unpaired) electrons. The normalized spacial score (nSPS) is 17.0. The zero-order valence-electron chi connectivity index (χ0n) is 14.5. The number of hydrogen-bond acceptors (Lipinski definition) is 4. The van der Waals surface area contributed by atoms with Gasteiger partial charge in [-0.25, -0.2) is 0 Å². The highest BCUT2D eigenvalue weighted by Crippen LogP contribution is 2.33. The molecule has 2 heterocycles. The predicted octanol–water partition coefficient (Wildman–Crippen LogP) is 2.70. The van der Waals surface area contributed by atoms with Crippen molar-refractivity contribution < 1.29 is 9.21 Å². The topological polar surface area (TPSA) is 71.5 Å². The lowest BCUT2D eigenvalue weighted by molar-refractivity contribution is 0.0944. The van der Waals surface area contributed by atoms with Crippen LogP contribution in [0.5, 0.6) is 0 Å². The second-order valence-corrected chi connectivity index (χ2v) is 7.24. The molecule has 1 aromatic heterocycles. The van der Waals surface area contributed by atoms with Crippen LogP contribution in [0, 0.1) is 0 Å². The van der Waals surface area contributed by atoms with Crippen LogP contribution in [-0.2, 0) is 13.0 Å². The monoisotopic (exact) mass is 327 g/mol. The smallest absolute Gasteiger partial charge is 0.254 e. The molecule has 0 saturated carbocycles. The lowest BCUT2D eigenvalue weighted by atomic mass is 10.1. The maximum Gasteiger partial charge on any atom is 0.254 e. The number of furan rings is 1. The molecule has 0 aliphatic carbocycles. The average molecular weight is 327 g/mol. The van der Waals surface area contributed by atoms with E-state index < -0.39 is 5.54 Å². The van der Waals surface area contributed by atoms with Gasteiger partial charge in [-0.05, 0) is 44.9 Å². The number of nitrogens with two attached hydrogens (primary N) is 1. The van der Waals surface area contributed by atoms with Gasteiger partial charge in [0.2, 0.25) is 0 Å². The van der Waals surface area contributed by atoms with Crippen LogP contribution in [0.25, 0.3) is 0 Å². The number of hydrogen-bond donors (Lipinski definition) is 2. The SMILES string of the molecule is CC1Cc2ccccc2N1Cc1occc1C(=O)NCC(C)(C)N. The number of anilines is 1. The van der Waals surface area contributed by atoms with Crippen molar-refractivity contribution in [3.63, 3.8) is 0 Å². The molecule has 1 unspecified atom stereocenters. The number of benzene rings is 1. The van der Waals surface area contributed by atoms with E-state index in [9.17, 15) is 4.79 Å². The van der Waals surface area contributed by atoms with Crippen molar-refractivity contribution in [2.75, 3.05) is 11.4 Å². The zero-order chi connectivity index (χ0) is 17.3. The maximum atomic E-state index is 12.4. The first-order valence-corrected chi connectivity index (χ1v) is 8.33. The van der Waals surface area contributed by atoms with Crippen molar-refractivity contribution in [3.8, 4) is 0 Å². The number of para-hydroxylation sites is 1. The molecule has 1 aliphatic heterocycles. The summed E-state index contributed by atoms with van der Waals surface area (Å²) in [6, 6.07) is 10.5. The fraction of sp³-hybridized carbons (Fsp3) is 0.421. The van der Waals surface area contributed by atoms with Crippen molar-refractivity contribution in [3.05, 3.63) is 53.5 Å². The van der Waals surface area contributed by atoms with E-state index in [1.54, 1.807) is 12.3 Å². The van der Waals surface area contributed by atoms with Crippen molar-refractivity contribution in [1.82, 2.24) is 5.32 Å². The number of carbonyl (C=O) groups is 1. The van der Waals surface area contributed by atoms with E-state index in [1.807, 2.05) is 19.9 Å². The van der Waals surface area contributed by atoms with Crippen LogP contribution in [0.1, 0.15) is 42.5 Å². The minimum atomic E-state index is -0.442. The Balaban J connectivity index is 1.76. The number of carbonyl (C=O) groups excluding carboxylic acids is 1. The summed E-state index contributed by atoms with van der Waals surface area (Å²) in [5.41, 5.74) is 8.63. The van der Waals surface area contributed by atoms with Gasteiger partial charge in [0.05, 0.1) is 18.4 Å². The third-order valence-corrected chi connectivity index (χ3v) is 4.36. The van der Waals surface area contributed by atoms with E-state index in [-0.39, 0.29) is 5.91 Å². The van der Waals surface area contributed by atoms with Gasteiger partial charge in [-0.3, -0.25) is 4.79 Å². The summed E-state index contributed by atoms with van der Waals surface area (Å²) >= 11 is 0. The lowest BCUT2D eigenvalue weighted by Gasteiger charge is -2.24. The molecule has 0 spiro atoms. The first kappa shape index (κ1) is 16.6. The Bertz CT molecular complexity index is 730. The van der Waals surface area contributed by atoms with E-state index >= 15 is 0 Å². The molecule has 0 saturated heterocycles. The van der Waals surface area contributed by atoms with E-state index in [0.717, 1.165) is 6.42 Å². The van der Waals surface area contributed by atoms with Crippen LogP contribution in [0.3, 0.4) is 0 Å². The quantitative estimate of drug-likeness (QED) is 0.886. The van der Waals surface area contributed by atoms with Gasteiger partial charge in [0, 0.05) is 23.8 Å². The summed E-state index contributed by atoms with van der Waals surface area (Å²) in [6.45, 7) is 6.96. The number of rotatable bonds is 5. The Kier molecular flexibility index (Phi) is 4.37. The fourth-order valence-electron chi connectivity index (χ4n) is 3.09. The van der Waals surface area contributed by atoms with Crippen LogP contribution in [0.2, 0.25) is 0 Å². The summed E-state index contributed by atoms with van der Waals surface area (Å²) in [6.07, 6.45) is 2.59. The summed E-state index contributed by atoms with van der Waals surface area (Å²) in [4.78, 5) is 14.7. The van der Waals surface area contributed by atoms with Crippen LogP contribution in [0.4, 0.5) is 5.69 Å². The van der Waals surface area contributed by atoms with Crippen LogP contribution in [0.15, 0.2) is 41.0 Å². The van der Waals surface area contributed by atoms with Gasteiger partial charge < -0.3 is 20.4 Å². The third-order valence-electron chi connectivity index (χ3n) is 4.36. The molecular formula is C19H25N3O2. The minimum absolute atomic E-state index is 0.141. The molecule has 1 aliphatic rings. The Hall–Kier alpha value is -2.27. The van der Waals surface area contributed by atoms with Gasteiger partial charge in [-0.15, -0.1) is 0 Å². The third kappa shape index (κ3) is 3.46. The summed E-state index contributed by atoms with van der Waals surface area (Å²) in [7, 11) is 0. The molecule has 0 fully saturated rings. The summed E-state index contributed by atoms with van der Waals surface area (Å²) in [5.74, 6) is 0.545. The minimum Gasteiger partial charge on any atom is -0.467 e. The second kappa shape index (κ2) is 6.32. The van der Waals surface area contributed by atoms with Gasteiger partial charge >= 0.3 is 0 Å². The van der Waals surface area contributed by atoms with Crippen molar-refractivity contribution in [2.24, 2.45) is 5.73 Å². The average Bonchev–Trinajstić information content (AvgIpc) is 3.10. The van der Waals surface area contributed by atoms with Crippen molar-refractivity contribution >= 4 is 11.6 Å². The number of nitrogens with one attached hydrogen (secondary N) is 1. The summed E-state index contributed by atoms with van der Waals surface area (Å²) in [5, 5.41) is 2.88. The van der Waals surface area contributed by atoms with Gasteiger partial charge in [0.15, 0.2) is 0 Å². The standard InChI is InChI=1S/C19H25N3O2/c1-13-10-14-6-4-5-7-16(14)22(13)11-17-15(8-9-24-17)18(23)21-12-19(2,3)20/h4-9,13H,10-12,20H2,1-3H3,(H,21,23). The van der Waals surface area contributed by atoms with E-state index in [4.69, 9.17) is 10.2 Å². The van der Waals surface area contributed by atoms with Gasteiger partial charge in [-0.1, -0.05) is 18.2 Å². The number of nitrogens with zero attached hydrogens (tertiary/aromatic N) is 1. The zero-order valence-corrected chi connectivity index (χ0v) is 14.5. The Morgan fingerprint density at radius 1 is 1.38 bits per heavy atom. The largest absolute Gasteiger partial charge is 0.467 e. The molecule has 1 amide bonds. The van der Waals surface area contributed by atoms with Gasteiger partial charge in [-0.2, -0.15) is 0 Å². The van der Waals surface area contributed by atoms with Gasteiger partial charge in [0.25, 0.3) is 5.91 Å². The van der Waals surface area contributed by atoms with Crippen LogP contribution >= 0.6 is 0 Å². The molecule has 5 heteroatoms. The highest BCUT2D eigenvalue weighted by molar-refractivity contribution is 5.95. The van der Waals surface area contributed by atoms with Crippen molar-refractivity contribution in [1.29, 1.82) is 0 Å². The molecule has 3 rings (SSSR count). The van der Waals surface area contributed by atoms with Crippen molar-refractivity contribution in [2.45, 2.75) is 45.3 Å². The van der Waals surface area contributed by atoms with E-state index in [0.29, 0.717) is 30.5 Å². The predicted molar refractivity (Wildman–Crippen MR) is 95.1 cm³/mol. The summed E-state index contributed by atoms with van der Waals surface area (Å²) < 4.78 is 5.61. The number of amides is 1. The molecule has 1 aromatic carbocycles. The number of fused-ring (bicyclic) bond motifs is 1. The van der Waals surface area contributed by atoms with E-state index in [2.05, 4.69) is 35.3 Å². The molecule has 1 atom stereocenters. The van der Waals surface area contributed by atoms with Gasteiger partial charge in [0.1, 0.15) is 5.76 Å². The molecule has 3 N–H and O–H groups in total. The van der Waals surface area contributed by atoms with E-state index in [1.165, 1.54) is 11.3 Å². The Labute approximate surface area is 142 Å². The molecule has 0 bridgehead atoms. The van der Waals surface area contributed by atoms with Crippen LogP contribution < -0.4 is 16.0 Å². The molecule has 128 valence electrons. The first-order chi connectivity index (χ1) is 11.3. The lowest BCUT2D eigenvalue weighted by Crippen LogP contribution is -2.45. The molecule has 5 nitrogen and oxygen atoms in total. The molecule has 2 aromatic rings. The maximum absolute atomic E-state index is 12.4. The highest BCUT2D eigenvalue weighted by Gasteiger charge is 2.28. The Morgan fingerprint density at radius 3 is 2.88 bits per heavy atom.